The zero-order valence-electron chi connectivity index (χ0n) is 16.3. The second-order valence-corrected chi connectivity index (χ2v) is 7.75. The fraction of sp³-hybridized carbons (Fsp3) is 0.0870. The van der Waals surface area contributed by atoms with Crippen LogP contribution in [-0.2, 0) is 4.79 Å². The second-order valence-electron chi connectivity index (χ2n) is 6.67. The largest absolute Gasteiger partial charge is 0.411 e. The van der Waals surface area contributed by atoms with Crippen LogP contribution in [0.2, 0.25) is 0 Å². The van der Waals surface area contributed by atoms with Gasteiger partial charge in [-0.1, -0.05) is 59.4 Å². The maximum absolute atomic E-state index is 13.1. The lowest BCUT2D eigenvalue weighted by Crippen LogP contribution is -2.35. The van der Waals surface area contributed by atoms with E-state index in [1.54, 1.807) is 16.7 Å². The van der Waals surface area contributed by atoms with Crippen LogP contribution in [-0.4, -0.2) is 29.6 Å². The number of para-hydroxylation sites is 2. The van der Waals surface area contributed by atoms with Gasteiger partial charge in [0.2, 0.25) is 0 Å². The van der Waals surface area contributed by atoms with Crippen molar-refractivity contribution in [3.05, 3.63) is 83.9 Å². The molecule has 150 valence electrons. The van der Waals surface area contributed by atoms with Crippen LogP contribution in [0.25, 0.3) is 0 Å². The number of anilines is 2. The predicted molar refractivity (Wildman–Crippen MR) is 120 cm³/mol. The molecular weight excluding hydrogens is 396 g/mol. The van der Waals surface area contributed by atoms with Crippen molar-refractivity contribution in [2.45, 2.75) is 16.7 Å². The summed E-state index contributed by atoms with van der Waals surface area (Å²) in [4.78, 5) is 17.0. The van der Waals surface area contributed by atoms with Gasteiger partial charge in [0, 0.05) is 9.79 Å². The Bertz CT molecular complexity index is 1100. The molecule has 0 unspecified atom stereocenters. The Kier molecular flexibility index (Phi) is 5.81. The van der Waals surface area contributed by atoms with Gasteiger partial charge in [-0.05, 0) is 48.4 Å². The third-order valence-electron chi connectivity index (χ3n) is 4.67. The van der Waals surface area contributed by atoms with Gasteiger partial charge in [0.25, 0.3) is 5.91 Å². The van der Waals surface area contributed by atoms with Crippen molar-refractivity contribution in [3.8, 4) is 0 Å². The summed E-state index contributed by atoms with van der Waals surface area (Å²) in [5, 5.41) is 16.1. The van der Waals surface area contributed by atoms with Crippen molar-refractivity contribution in [3.63, 3.8) is 0 Å². The topological polar surface area (TPSA) is 77.3 Å². The number of hydrazone groups is 1. The molecule has 1 aliphatic heterocycles. The number of benzene rings is 3. The Morgan fingerprint density at radius 1 is 1.03 bits per heavy atom. The van der Waals surface area contributed by atoms with Crippen molar-refractivity contribution >= 4 is 41.0 Å². The van der Waals surface area contributed by atoms with E-state index in [4.69, 9.17) is 5.21 Å². The summed E-state index contributed by atoms with van der Waals surface area (Å²) >= 11 is 1.66. The molecule has 0 bridgehead atoms. The van der Waals surface area contributed by atoms with Gasteiger partial charge in [0.05, 0.1) is 23.3 Å². The number of carbonyl (C=O) groups is 1. The van der Waals surface area contributed by atoms with Crippen LogP contribution in [0.4, 0.5) is 11.4 Å². The first kappa shape index (κ1) is 19.7. The lowest BCUT2D eigenvalue weighted by Gasteiger charge is -2.30. The molecule has 0 atom stereocenters. The normalized spacial score (nSPS) is 13.1. The van der Waals surface area contributed by atoms with Gasteiger partial charge in [-0.2, -0.15) is 5.10 Å². The minimum absolute atomic E-state index is 0.0580. The number of hydrogen-bond donors (Lipinski definition) is 2. The van der Waals surface area contributed by atoms with E-state index in [2.05, 4.69) is 15.7 Å². The highest BCUT2D eigenvalue weighted by Gasteiger charge is 2.27. The molecule has 3 aromatic rings. The maximum Gasteiger partial charge on any atom is 0.252 e. The molecule has 0 spiro atoms. The Balaban J connectivity index is 1.52. The minimum atomic E-state index is -0.0899. The average molecular weight is 417 g/mol. The summed E-state index contributed by atoms with van der Waals surface area (Å²) in [5.41, 5.74) is 7.02. The predicted octanol–water partition coefficient (Wildman–Crippen LogP) is 4.64. The minimum Gasteiger partial charge on any atom is -0.411 e. The Morgan fingerprint density at radius 3 is 2.37 bits per heavy atom. The third kappa shape index (κ3) is 4.06. The van der Waals surface area contributed by atoms with E-state index in [0.717, 1.165) is 38.0 Å². The van der Waals surface area contributed by atoms with Crippen LogP contribution in [0.15, 0.2) is 92.8 Å². The number of nitrogens with one attached hydrogen (secondary N) is 1. The Morgan fingerprint density at radius 2 is 1.70 bits per heavy atom. The van der Waals surface area contributed by atoms with E-state index >= 15 is 0 Å². The Labute approximate surface area is 178 Å². The highest BCUT2D eigenvalue weighted by Crippen LogP contribution is 2.47. The number of nitrogens with zero attached hydrogens (tertiary/aromatic N) is 3. The molecule has 0 aliphatic carbocycles. The maximum atomic E-state index is 13.1. The fourth-order valence-electron chi connectivity index (χ4n) is 3.25. The first-order valence-electron chi connectivity index (χ1n) is 9.41. The van der Waals surface area contributed by atoms with Crippen LogP contribution in [0.5, 0.6) is 0 Å². The van der Waals surface area contributed by atoms with E-state index in [0.29, 0.717) is 0 Å². The molecular formula is C23H20N4O2S. The van der Waals surface area contributed by atoms with Crippen molar-refractivity contribution in [1.29, 1.82) is 0 Å². The molecule has 7 heteroatoms. The van der Waals surface area contributed by atoms with Crippen molar-refractivity contribution in [2.75, 3.05) is 11.4 Å². The molecule has 4 rings (SSSR count). The lowest BCUT2D eigenvalue weighted by molar-refractivity contribution is -0.117. The molecule has 0 saturated heterocycles. The smallest absolute Gasteiger partial charge is 0.252 e. The van der Waals surface area contributed by atoms with Crippen LogP contribution in [0, 0.1) is 0 Å². The monoisotopic (exact) mass is 416 g/mol. The van der Waals surface area contributed by atoms with Gasteiger partial charge in [0.15, 0.2) is 0 Å². The van der Waals surface area contributed by atoms with Gasteiger partial charge >= 0.3 is 0 Å². The number of hydrogen-bond acceptors (Lipinski definition) is 6. The molecule has 30 heavy (non-hydrogen) atoms. The fourth-order valence-corrected chi connectivity index (χ4v) is 4.31. The molecule has 0 radical (unpaired) electrons. The standard InChI is InChI=1S/C23H20N4O2S/c1-16(18-8-6-7-17(13-18)14-25-29)26-24-15-23(28)27-19-9-2-4-11-21(19)30-22-12-5-3-10-20(22)27/h2-14,24,29H,15H2,1H3/b25-14+,26-16-. The second kappa shape index (κ2) is 8.84. The number of oxime groups is 1. The summed E-state index contributed by atoms with van der Waals surface area (Å²) in [7, 11) is 0. The third-order valence-corrected chi connectivity index (χ3v) is 5.80. The SMILES string of the molecule is C/C(=N/NCC(=O)N1c2ccccc2Sc2ccccc21)c1cccc(/C=N/O)c1. The van der Waals surface area contributed by atoms with E-state index in [1.165, 1.54) is 6.21 Å². The number of fused-ring (bicyclic) bond motifs is 2. The summed E-state index contributed by atoms with van der Waals surface area (Å²) in [5.74, 6) is -0.0899. The molecule has 6 nitrogen and oxygen atoms in total. The first-order valence-corrected chi connectivity index (χ1v) is 10.2. The van der Waals surface area contributed by atoms with Crippen LogP contribution < -0.4 is 10.3 Å². The lowest BCUT2D eigenvalue weighted by atomic mass is 10.1. The Hall–Kier alpha value is -3.58. The number of amides is 1. The van der Waals surface area contributed by atoms with Gasteiger partial charge in [-0.15, -0.1) is 0 Å². The van der Waals surface area contributed by atoms with Gasteiger partial charge in [-0.3, -0.25) is 9.69 Å². The number of carbonyl (C=O) groups excluding carboxylic acids is 1. The summed E-state index contributed by atoms with van der Waals surface area (Å²) in [6, 6.07) is 23.2. The van der Waals surface area contributed by atoms with Crippen molar-refractivity contribution in [2.24, 2.45) is 10.3 Å². The quantitative estimate of drug-likeness (QED) is 0.361. The zero-order valence-corrected chi connectivity index (χ0v) is 17.1. The van der Waals surface area contributed by atoms with Gasteiger partial charge < -0.3 is 10.6 Å². The van der Waals surface area contributed by atoms with Gasteiger partial charge in [-0.25, -0.2) is 0 Å². The average Bonchev–Trinajstić information content (AvgIpc) is 2.77. The van der Waals surface area contributed by atoms with Crippen LogP contribution in [0.1, 0.15) is 18.1 Å². The molecule has 0 aromatic heterocycles. The summed E-state index contributed by atoms with van der Waals surface area (Å²) in [6.07, 6.45) is 1.36. The van der Waals surface area contributed by atoms with E-state index in [9.17, 15) is 4.79 Å². The summed E-state index contributed by atoms with van der Waals surface area (Å²) in [6.45, 7) is 1.91. The van der Waals surface area contributed by atoms with Crippen molar-refractivity contribution < 1.29 is 10.0 Å². The molecule has 0 saturated carbocycles. The molecule has 2 N–H and O–H groups in total. The molecule has 1 heterocycles. The molecule has 3 aromatic carbocycles. The molecule has 0 fully saturated rings. The molecule has 1 amide bonds. The first-order chi connectivity index (χ1) is 14.7. The van der Waals surface area contributed by atoms with E-state index < -0.39 is 0 Å². The van der Waals surface area contributed by atoms with E-state index in [1.807, 2.05) is 79.7 Å². The summed E-state index contributed by atoms with van der Waals surface area (Å²) < 4.78 is 0. The van der Waals surface area contributed by atoms with Crippen molar-refractivity contribution in [1.82, 2.24) is 5.43 Å². The van der Waals surface area contributed by atoms with Crippen LogP contribution >= 0.6 is 11.8 Å². The number of rotatable bonds is 5. The highest BCUT2D eigenvalue weighted by molar-refractivity contribution is 7.99. The van der Waals surface area contributed by atoms with Crippen LogP contribution in [0.3, 0.4) is 0 Å². The zero-order chi connectivity index (χ0) is 20.9. The highest BCUT2D eigenvalue weighted by atomic mass is 32.2. The van der Waals surface area contributed by atoms with E-state index in [-0.39, 0.29) is 12.5 Å². The molecule has 1 aliphatic rings. The van der Waals surface area contributed by atoms with Gasteiger partial charge in [0.1, 0.15) is 6.54 Å².